The molecule has 0 aliphatic heterocycles. The van der Waals surface area contributed by atoms with Crippen molar-refractivity contribution in [3.05, 3.63) is 54.7 Å². The molecule has 0 amide bonds. The number of aromatic hydroxyl groups is 2. The Hall–Kier alpha value is -2.75. The molecule has 0 fully saturated rings. The Labute approximate surface area is 109 Å². The average molecular weight is 253 g/mol. The van der Waals surface area contributed by atoms with E-state index in [1.807, 2.05) is 6.07 Å². The van der Waals surface area contributed by atoms with Gasteiger partial charge in [0.2, 0.25) is 0 Å². The van der Waals surface area contributed by atoms with Crippen molar-refractivity contribution in [2.45, 2.75) is 0 Å². The highest BCUT2D eigenvalue weighted by Gasteiger charge is 2.15. The first-order chi connectivity index (χ1) is 9.25. The van der Waals surface area contributed by atoms with Gasteiger partial charge in [0.05, 0.1) is 11.8 Å². The van der Waals surface area contributed by atoms with E-state index in [1.165, 1.54) is 0 Å². The lowest BCUT2D eigenvalue weighted by Gasteiger charge is -2.03. The van der Waals surface area contributed by atoms with E-state index in [0.717, 1.165) is 11.1 Å². The molecule has 3 rings (SSSR count). The van der Waals surface area contributed by atoms with Gasteiger partial charge in [-0.3, -0.25) is 0 Å². The Kier molecular flexibility index (Phi) is 2.68. The summed E-state index contributed by atoms with van der Waals surface area (Å²) in [7, 11) is 0. The standard InChI is InChI=1S/C15H11NO3/c17-11-7-5-10(6-8-11)13-9-16-19-15(13)12-3-1-2-4-14(12)18/h1-9,17-18H. The van der Waals surface area contributed by atoms with Gasteiger partial charge in [-0.2, -0.15) is 0 Å². The minimum atomic E-state index is 0.138. The molecule has 0 radical (unpaired) electrons. The van der Waals surface area contributed by atoms with Crippen LogP contribution in [0.15, 0.2) is 59.3 Å². The van der Waals surface area contributed by atoms with Crippen molar-refractivity contribution in [1.29, 1.82) is 0 Å². The molecule has 94 valence electrons. The topological polar surface area (TPSA) is 66.5 Å². The summed E-state index contributed by atoms with van der Waals surface area (Å²) in [4.78, 5) is 0. The van der Waals surface area contributed by atoms with Crippen LogP contribution in [0.1, 0.15) is 0 Å². The quantitative estimate of drug-likeness (QED) is 0.734. The van der Waals surface area contributed by atoms with Crippen LogP contribution in [0, 0.1) is 0 Å². The van der Waals surface area contributed by atoms with Gasteiger partial charge in [-0.1, -0.05) is 29.4 Å². The Morgan fingerprint density at radius 1 is 0.842 bits per heavy atom. The van der Waals surface area contributed by atoms with Crippen molar-refractivity contribution in [1.82, 2.24) is 5.16 Å². The third-order valence-corrected chi connectivity index (χ3v) is 2.90. The van der Waals surface area contributed by atoms with Crippen molar-refractivity contribution in [3.63, 3.8) is 0 Å². The fraction of sp³-hybridized carbons (Fsp3) is 0. The molecular weight excluding hydrogens is 242 g/mol. The van der Waals surface area contributed by atoms with Gasteiger partial charge in [0.15, 0.2) is 5.76 Å². The number of phenolic OH excluding ortho intramolecular Hbond substituents is 2. The summed E-state index contributed by atoms with van der Waals surface area (Å²) < 4.78 is 5.24. The molecule has 2 N–H and O–H groups in total. The number of rotatable bonds is 2. The van der Waals surface area contributed by atoms with Gasteiger partial charge in [-0.15, -0.1) is 0 Å². The first kappa shape index (κ1) is 11.3. The van der Waals surface area contributed by atoms with Gasteiger partial charge in [-0.05, 0) is 29.8 Å². The maximum Gasteiger partial charge on any atom is 0.178 e. The molecule has 0 aliphatic carbocycles. The molecule has 1 aromatic heterocycles. The number of hydrogen-bond acceptors (Lipinski definition) is 4. The van der Waals surface area contributed by atoms with E-state index in [0.29, 0.717) is 11.3 Å². The van der Waals surface area contributed by atoms with Gasteiger partial charge in [0.1, 0.15) is 11.5 Å². The highest BCUT2D eigenvalue weighted by Crippen LogP contribution is 2.36. The number of aromatic nitrogens is 1. The van der Waals surface area contributed by atoms with E-state index in [-0.39, 0.29) is 11.5 Å². The van der Waals surface area contributed by atoms with E-state index in [2.05, 4.69) is 5.16 Å². The predicted octanol–water partition coefficient (Wildman–Crippen LogP) is 3.42. The fourth-order valence-corrected chi connectivity index (χ4v) is 1.95. The first-order valence-electron chi connectivity index (χ1n) is 5.78. The Morgan fingerprint density at radius 3 is 2.32 bits per heavy atom. The van der Waals surface area contributed by atoms with Gasteiger partial charge in [0, 0.05) is 5.56 Å². The highest BCUT2D eigenvalue weighted by molar-refractivity contribution is 5.81. The van der Waals surface area contributed by atoms with Gasteiger partial charge in [-0.25, -0.2) is 0 Å². The van der Waals surface area contributed by atoms with Crippen LogP contribution in [0.25, 0.3) is 22.5 Å². The average Bonchev–Trinajstić information content (AvgIpc) is 2.89. The van der Waals surface area contributed by atoms with E-state index < -0.39 is 0 Å². The van der Waals surface area contributed by atoms with Gasteiger partial charge < -0.3 is 14.7 Å². The minimum Gasteiger partial charge on any atom is -0.508 e. The molecule has 0 aliphatic rings. The molecule has 4 nitrogen and oxygen atoms in total. The van der Waals surface area contributed by atoms with Crippen molar-refractivity contribution < 1.29 is 14.7 Å². The summed E-state index contributed by atoms with van der Waals surface area (Å²) in [6.07, 6.45) is 1.59. The number of phenols is 2. The Bertz CT molecular complexity index is 701. The van der Waals surface area contributed by atoms with E-state index in [9.17, 15) is 10.2 Å². The normalized spacial score (nSPS) is 10.5. The van der Waals surface area contributed by atoms with Crippen LogP contribution < -0.4 is 0 Å². The van der Waals surface area contributed by atoms with E-state index >= 15 is 0 Å². The summed E-state index contributed by atoms with van der Waals surface area (Å²) >= 11 is 0. The Morgan fingerprint density at radius 2 is 1.58 bits per heavy atom. The second-order valence-electron chi connectivity index (χ2n) is 4.13. The molecule has 0 bridgehead atoms. The van der Waals surface area contributed by atoms with Crippen LogP contribution in [0.3, 0.4) is 0 Å². The largest absolute Gasteiger partial charge is 0.508 e. The zero-order valence-corrected chi connectivity index (χ0v) is 9.95. The number of hydrogen-bond donors (Lipinski definition) is 2. The third kappa shape index (κ3) is 2.04. The molecule has 19 heavy (non-hydrogen) atoms. The molecule has 3 aromatic rings. The van der Waals surface area contributed by atoms with Crippen LogP contribution in [-0.2, 0) is 0 Å². The Balaban J connectivity index is 2.13. The smallest absolute Gasteiger partial charge is 0.178 e. The van der Waals surface area contributed by atoms with Crippen LogP contribution >= 0.6 is 0 Å². The molecule has 4 heteroatoms. The number of nitrogens with zero attached hydrogens (tertiary/aromatic N) is 1. The van der Waals surface area contributed by atoms with Crippen molar-refractivity contribution in [2.24, 2.45) is 0 Å². The monoisotopic (exact) mass is 253 g/mol. The predicted molar refractivity (Wildman–Crippen MR) is 70.7 cm³/mol. The summed E-state index contributed by atoms with van der Waals surface area (Å²) in [6.45, 7) is 0. The maximum absolute atomic E-state index is 9.87. The third-order valence-electron chi connectivity index (χ3n) is 2.90. The molecule has 0 saturated carbocycles. The van der Waals surface area contributed by atoms with Crippen LogP contribution in [-0.4, -0.2) is 15.4 Å². The lowest BCUT2D eigenvalue weighted by atomic mass is 10.0. The summed E-state index contributed by atoms with van der Waals surface area (Å²) in [6, 6.07) is 13.6. The molecule has 1 heterocycles. The van der Waals surface area contributed by atoms with Gasteiger partial charge >= 0.3 is 0 Å². The molecule has 2 aromatic carbocycles. The van der Waals surface area contributed by atoms with Crippen molar-refractivity contribution >= 4 is 0 Å². The summed E-state index contributed by atoms with van der Waals surface area (Å²) in [5.41, 5.74) is 2.21. The lowest BCUT2D eigenvalue weighted by Crippen LogP contribution is -1.81. The number of benzene rings is 2. The molecule has 0 saturated heterocycles. The molecule has 0 unspecified atom stereocenters. The van der Waals surface area contributed by atoms with Crippen LogP contribution in [0.4, 0.5) is 0 Å². The molecule has 0 spiro atoms. The van der Waals surface area contributed by atoms with Crippen molar-refractivity contribution in [3.8, 4) is 33.9 Å². The van der Waals surface area contributed by atoms with Crippen LogP contribution in [0.5, 0.6) is 11.5 Å². The SMILES string of the molecule is Oc1ccc(-c2cnoc2-c2ccccc2O)cc1. The molecule has 0 atom stereocenters. The van der Waals surface area contributed by atoms with E-state index in [1.54, 1.807) is 48.7 Å². The highest BCUT2D eigenvalue weighted by atomic mass is 16.5. The zero-order chi connectivity index (χ0) is 13.2. The second kappa shape index (κ2) is 4.49. The maximum atomic E-state index is 9.87. The second-order valence-corrected chi connectivity index (χ2v) is 4.13. The van der Waals surface area contributed by atoms with Gasteiger partial charge in [0.25, 0.3) is 0 Å². The first-order valence-corrected chi connectivity index (χ1v) is 5.78. The van der Waals surface area contributed by atoms with Crippen LogP contribution in [0.2, 0.25) is 0 Å². The summed E-state index contributed by atoms with van der Waals surface area (Å²) in [5.74, 6) is 0.840. The van der Waals surface area contributed by atoms with E-state index in [4.69, 9.17) is 4.52 Å². The van der Waals surface area contributed by atoms with Crippen molar-refractivity contribution in [2.75, 3.05) is 0 Å². The summed E-state index contributed by atoms with van der Waals surface area (Å²) in [5, 5.41) is 23.0. The lowest BCUT2D eigenvalue weighted by molar-refractivity contribution is 0.426. The zero-order valence-electron chi connectivity index (χ0n) is 9.95. The minimum absolute atomic E-state index is 0.138. The molecular formula is C15H11NO3. The number of para-hydroxylation sites is 1. The fourth-order valence-electron chi connectivity index (χ4n) is 1.95.